The molecule has 0 radical (unpaired) electrons. The first kappa shape index (κ1) is 8.18. The number of nitrogens with one attached hydrogen (secondary N) is 2. The fraction of sp³-hybridized carbons (Fsp3) is 0.571. The number of H-pyrrole nitrogens is 1. The summed E-state index contributed by atoms with van der Waals surface area (Å²) in [6, 6.07) is 0. The van der Waals surface area contributed by atoms with Gasteiger partial charge in [0, 0.05) is 26.2 Å². The van der Waals surface area contributed by atoms with Gasteiger partial charge < -0.3 is 10.2 Å². The van der Waals surface area contributed by atoms with E-state index in [4.69, 9.17) is 0 Å². The van der Waals surface area contributed by atoms with E-state index in [9.17, 15) is 4.79 Å². The molecule has 2 N–H and O–H groups in total. The second-order valence-electron chi connectivity index (χ2n) is 2.86. The number of aromatic amines is 1. The first-order valence-electron chi connectivity index (χ1n) is 4.23. The number of nitrogens with zero attached hydrogens (tertiary/aromatic N) is 3. The molecule has 70 valence electrons. The van der Waals surface area contributed by atoms with Gasteiger partial charge in [-0.3, -0.25) is 4.98 Å². The lowest BCUT2D eigenvalue weighted by molar-refractivity contribution is 0.578. The van der Waals surface area contributed by atoms with E-state index < -0.39 is 0 Å². The Balaban J connectivity index is 2.19. The number of aromatic nitrogens is 3. The Kier molecular flexibility index (Phi) is 2.22. The summed E-state index contributed by atoms with van der Waals surface area (Å²) in [7, 11) is 0. The van der Waals surface area contributed by atoms with Crippen LogP contribution < -0.4 is 15.9 Å². The van der Waals surface area contributed by atoms with E-state index in [0.717, 1.165) is 26.2 Å². The molecular weight excluding hydrogens is 170 g/mol. The summed E-state index contributed by atoms with van der Waals surface area (Å²) in [4.78, 5) is 23.0. The van der Waals surface area contributed by atoms with Crippen molar-refractivity contribution in [3.05, 3.63) is 16.8 Å². The molecule has 0 unspecified atom stereocenters. The molecule has 1 saturated heterocycles. The van der Waals surface area contributed by atoms with Crippen LogP contribution in [0.3, 0.4) is 0 Å². The van der Waals surface area contributed by atoms with E-state index in [1.165, 1.54) is 6.33 Å². The van der Waals surface area contributed by atoms with Gasteiger partial charge in [-0.1, -0.05) is 0 Å². The van der Waals surface area contributed by atoms with Gasteiger partial charge in [-0.2, -0.15) is 4.98 Å². The molecule has 1 aromatic heterocycles. The number of hydrogen-bond donors (Lipinski definition) is 2. The first-order valence-corrected chi connectivity index (χ1v) is 4.23. The number of piperazine rings is 1. The van der Waals surface area contributed by atoms with Gasteiger partial charge in [0.2, 0.25) is 5.95 Å². The summed E-state index contributed by atoms with van der Waals surface area (Å²) >= 11 is 0. The van der Waals surface area contributed by atoms with Crippen molar-refractivity contribution in [1.29, 1.82) is 0 Å². The summed E-state index contributed by atoms with van der Waals surface area (Å²) in [6.07, 6.45) is 1.29. The molecule has 6 heteroatoms. The third-order valence-corrected chi connectivity index (χ3v) is 1.99. The van der Waals surface area contributed by atoms with Gasteiger partial charge in [-0.15, -0.1) is 0 Å². The molecule has 1 aliphatic heterocycles. The van der Waals surface area contributed by atoms with Gasteiger partial charge in [-0.05, 0) is 0 Å². The monoisotopic (exact) mass is 181 g/mol. The van der Waals surface area contributed by atoms with Crippen LogP contribution in [-0.2, 0) is 0 Å². The largest absolute Gasteiger partial charge is 0.349 e. The Morgan fingerprint density at radius 1 is 1.31 bits per heavy atom. The molecule has 0 atom stereocenters. The van der Waals surface area contributed by atoms with Gasteiger partial charge in [-0.25, -0.2) is 9.78 Å². The van der Waals surface area contributed by atoms with E-state index in [2.05, 4.69) is 20.3 Å². The van der Waals surface area contributed by atoms with Gasteiger partial charge in [0.15, 0.2) is 0 Å². The summed E-state index contributed by atoms with van der Waals surface area (Å²) in [6.45, 7) is 3.58. The average Bonchev–Trinajstić information content (AvgIpc) is 2.19. The van der Waals surface area contributed by atoms with Crippen LogP contribution >= 0.6 is 0 Å². The van der Waals surface area contributed by atoms with Crippen LogP contribution in [0, 0.1) is 0 Å². The molecule has 0 saturated carbocycles. The minimum absolute atomic E-state index is 0.344. The molecular formula is C7H11N5O. The van der Waals surface area contributed by atoms with E-state index in [1.807, 2.05) is 4.90 Å². The highest BCUT2D eigenvalue weighted by Crippen LogP contribution is 2.02. The highest BCUT2D eigenvalue weighted by Gasteiger charge is 2.11. The molecule has 0 aliphatic carbocycles. The Labute approximate surface area is 75.0 Å². The Morgan fingerprint density at radius 2 is 2.08 bits per heavy atom. The van der Waals surface area contributed by atoms with Crippen molar-refractivity contribution in [3.8, 4) is 0 Å². The highest BCUT2D eigenvalue weighted by atomic mass is 16.1. The second kappa shape index (κ2) is 3.53. The van der Waals surface area contributed by atoms with E-state index in [-0.39, 0.29) is 5.69 Å². The zero-order valence-electron chi connectivity index (χ0n) is 7.16. The lowest BCUT2D eigenvalue weighted by Gasteiger charge is -2.27. The van der Waals surface area contributed by atoms with Crippen LogP contribution in [0.5, 0.6) is 0 Å². The highest BCUT2D eigenvalue weighted by molar-refractivity contribution is 5.27. The fourth-order valence-corrected chi connectivity index (χ4v) is 1.33. The van der Waals surface area contributed by atoms with E-state index in [0.29, 0.717) is 5.95 Å². The summed E-state index contributed by atoms with van der Waals surface area (Å²) in [5.74, 6) is 0.612. The maximum absolute atomic E-state index is 10.9. The van der Waals surface area contributed by atoms with E-state index >= 15 is 0 Å². The topological polar surface area (TPSA) is 73.9 Å². The molecule has 6 nitrogen and oxygen atoms in total. The average molecular weight is 181 g/mol. The van der Waals surface area contributed by atoms with Gasteiger partial charge in [0.05, 0.1) is 0 Å². The van der Waals surface area contributed by atoms with Crippen molar-refractivity contribution >= 4 is 5.95 Å². The van der Waals surface area contributed by atoms with Crippen LogP contribution in [0.2, 0.25) is 0 Å². The van der Waals surface area contributed by atoms with Gasteiger partial charge in [0.25, 0.3) is 0 Å². The van der Waals surface area contributed by atoms with Crippen LogP contribution in [0.4, 0.5) is 5.95 Å². The number of rotatable bonds is 1. The predicted octanol–water partition coefficient (Wildman–Crippen LogP) is -1.43. The molecule has 2 rings (SSSR count). The van der Waals surface area contributed by atoms with Crippen molar-refractivity contribution < 1.29 is 0 Å². The summed E-state index contributed by atoms with van der Waals surface area (Å²) < 4.78 is 0. The number of anilines is 1. The third kappa shape index (κ3) is 1.83. The molecule has 2 heterocycles. The molecule has 13 heavy (non-hydrogen) atoms. The molecule has 1 fully saturated rings. The standard InChI is InChI=1S/C7H11N5O/c13-7-10-5-9-6(11-7)12-3-1-8-2-4-12/h5,8H,1-4H2,(H,9,10,11,13). The second-order valence-corrected chi connectivity index (χ2v) is 2.86. The van der Waals surface area contributed by atoms with E-state index in [1.54, 1.807) is 0 Å². The minimum atomic E-state index is -0.344. The molecule has 0 bridgehead atoms. The first-order chi connectivity index (χ1) is 6.36. The number of hydrogen-bond acceptors (Lipinski definition) is 5. The summed E-state index contributed by atoms with van der Waals surface area (Å²) in [5.41, 5.74) is -0.344. The zero-order valence-corrected chi connectivity index (χ0v) is 7.16. The SMILES string of the molecule is O=c1ncnc(N2CCNCC2)[nH]1. The fourth-order valence-electron chi connectivity index (χ4n) is 1.33. The van der Waals surface area contributed by atoms with Crippen LogP contribution in [0.1, 0.15) is 0 Å². The quantitative estimate of drug-likeness (QED) is 0.556. The van der Waals surface area contributed by atoms with Crippen molar-refractivity contribution in [1.82, 2.24) is 20.3 Å². The summed E-state index contributed by atoms with van der Waals surface area (Å²) in [5, 5.41) is 3.22. The predicted molar refractivity (Wildman–Crippen MR) is 47.7 cm³/mol. The molecule has 0 aromatic carbocycles. The van der Waals surface area contributed by atoms with Crippen molar-refractivity contribution in [3.63, 3.8) is 0 Å². The van der Waals surface area contributed by atoms with Crippen molar-refractivity contribution in [2.45, 2.75) is 0 Å². The molecule has 1 aliphatic rings. The maximum atomic E-state index is 10.9. The van der Waals surface area contributed by atoms with Crippen LogP contribution in [-0.4, -0.2) is 41.1 Å². The maximum Gasteiger partial charge on any atom is 0.349 e. The lowest BCUT2D eigenvalue weighted by atomic mass is 10.4. The van der Waals surface area contributed by atoms with Crippen LogP contribution in [0.25, 0.3) is 0 Å². The molecule has 0 spiro atoms. The van der Waals surface area contributed by atoms with Crippen LogP contribution in [0.15, 0.2) is 11.1 Å². The van der Waals surface area contributed by atoms with Gasteiger partial charge in [0.1, 0.15) is 6.33 Å². The Morgan fingerprint density at radius 3 is 2.77 bits per heavy atom. The minimum Gasteiger partial charge on any atom is -0.340 e. The Hall–Kier alpha value is -1.43. The lowest BCUT2D eigenvalue weighted by Crippen LogP contribution is -2.44. The third-order valence-electron chi connectivity index (χ3n) is 1.99. The molecule has 0 amide bonds. The molecule has 1 aromatic rings. The normalized spacial score (nSPS) is 17.4. The smallest absolute Gasteiger partial charge is 0.340 e. The van der Waals surface area contributed by atoms with Gasteiger partial charge >= 0.3 is 5.69 Å². The Bertz CT molecular complexity index is 330. The zero-order chi connectivity index (χ0) is 9.10. The van der Waals surface area contributed by atoms with Crippen molar-refractivity contribution in [2.75, 3.05) is 31.1 Å². The van der Waals surface area contributed by atoms with Crippen molar-refractivity contribution in [2.24, 2.45) is 0 Å².